The topological polar surface area (TPSA) is 87.0 Å². The van der Waals surface area contributed by atoms with Gasteiger partial charge < -0.3 is 10.6 Å². The van der Waals surface area contributed by atoms with E-state index < -0.39 is 16.3 Å². The highest BCUT2D eigenvalue weighted by Gasteiger charge is 2.31. The van der Waals surface area contributed by atoms with Gasteiger partial charge in [0.1, 0.15) is 0 Å². The Labute approximate surface area is 115 Å². The van der Waals surface area contributed by atoms with E-state index in [2.05, 4.69) is 0 Å². The molecule has 1 aliphatic heterocycles. The average Bonchev–Trinajstić information content (AvgIpc) is 2.38. The van der Waals surface area contributed by atoms with Crippen LogP contribution in [-0.2, 0) is 15.0 Å². The first-order chi connectivity index (χ1) is 8.80. The van der Waals surface area contributed by atoms with Crippen molar-refractivity contribution < 1.29 is 13.2 Å². The number of rotatable bonds is 5. The van der Waals surface area contributed by atoms with Crippen molar-refractivity contribution in [1.29, 1.82) is 0 Å². The zero-order valence-corrected chi connectivity index (χ0v) is 12.7. The van der Waals surface area contributed by atoms with E-state index in [1.54, 1.807) is 4.90 Å². The van der Waals surface area contributed by atoms with Gasteiger partial charge >= 0.3 is 0 Å². The fourth-order valence-electron chi connectivity index (χ4n) is 2.04. The summed E-state index contributed by atoms with van der Waals surface area (Å²) in [5.74, 6) is -0.0799. The van der Waals surface area contributed by atoms with Crippen LogP contribution in [0.25, 0.3) is 0 Å². The number of carbonyl (C=O) groups is 1. The maximum Gasteiger partial charge on any atom is 0.281 e. The summed E-state index contributed by atoms with van der Waals surface area (Å²) in [6.07, 6.45) is 1.52. The average molecular weight is 292 g/mol. The third kappa shape index (κ3) is 3.88. The van der Waals surface area contributed by atoms with Gasteiger partial charge in [-0.3, -0.25) is 4.79 Å². The Morgan fingerprint density at radius 1 is 1.26 bits per heavy atom. The molecule has 0 aromatic rings. The van der Waals surface area contributed by atoms with Crippen molar-refractivity contribution in [1.82, 2.24) is 13.5 Å². The Kier molecular flexibility index (Phi) is 5.72. The van der Waals surface area contributed by atoms with Gasteiger partial charge in [0, 0.05) is 40.3 Å². The van der Waals surface area contributed by atoms with Gasteiger partial charge in [-0.1, -0.05) is 13.3 Å². The molecule has 8 heteroatoms. The lowest BCUT2D eigenvalue weighted by atomic mass is 10.1. The highest BCUT2D eigenvalue weighted by Crippen LogP contribution is 2.11. The molecular weight excluding hydrogens is 268 g/mol. The van der Waals surface area contributed by atoms with Gasteiger partial charge in [0.15, 0.2) is 0 Å². The number of amides is 1. The van der Waals surface area contributed by atoms with Gasteiger partial charge in [-0.15, -0.1) is 0 Å². The molecule has 1 amide bonds. The zero-order chi connectivity index (χ0) is 14.6. The maximum atomic E-state index is 12.0. The van der Waals surface area contributed by atoms with Crippen LogP contribution in [0.1, 0.15) is 19.8 Å². The molecule has 7 nitrogen and oxygen atoms in total. The van der Waals surface area contributed by atoms with Crippen LogP contribution in [0.15, 0.2) is 0 Å². The standard InChI is InChI=1S/C11H24N4O3S/c1-4-5-10(12)11(16)14-6-8-15(9-7-14)19(17,18)13(2)3/h10H,4-9,12H2,1-3H3. The van der Waals surface area contributed by atoms with Crippen molar-refractivity contribution in [3.63, 3.8) is 0 Å². The fraction of sp³-hybridized carbons (Fsp3) is 0.909. The van der Waals surface area contributed by atoms with E-state index in [1.807, 2.05) is 6.92 Å². The minimum atomic E-state index is -3.38. The monoisotopic (exact) mass is 292 g/mol. The SMILES string of the molecule is CCCC(N)C(=O)N1CCN(S(=O)(=O)N(C)C)CC1. The summed E-state index contributed by atoms with van der Waals surface area (Å²) < 4.78 is 26.4. The molecule has 0 aromatic heterocycles. The van der Waals surface area contributed by atoms with Gasteiger partial charge in [-0.25, -0.2) is 0 Å². The smallest absolute Gasteiger partial charge is 0.281 e. The Hall–Kier alpha value is -0.700. The van der Waals surface area contributed by atoms with E-state index >= 15 is 0 Å². The lowest BCUT2D eigenvalue weighted by Gasteiger charge is -2.36. The van der Waals surface area contributed by atoms with Crippen LogP contribution in [-0.4, -0.2) is 74.2 Å². The summed E-state index contributed by atoms with van der Waals surface area (Å²) in [6, 6.07) is -0.470. The molecule has 0 aliphatic carbocycles. The molecule has 1 heterocycles. The molecule has 1 saturated heterocycles. The molecule has 1 fully saturated rings. The van der Waals surface area contributed by atoms with E-state index in [4.69, 9.17) is 5.73 Å². The number of piperazine rings is 1. The van der Waals surface area contributed by atoms with Crippen LogP contribution >= 0.6 is 0 Å². The first kappa shape index (κ1) is 16.4. The minimum absolute atomic E-state index is 0.0799. The van der Waals surface area contributed by atoms with Gasteiger partial charge in [0.2, 0.25) is 5.91 Å². The molecule has 1 atom stereocenters. The molecular formula is C11H24N4O3S. The second kappa shape index (κ2) is 6.65. The number of hydrogen-bond donors (Lipinski definition) is 1. The quantitative estimate of drug-likeness (QED) is 0.709. The predicted molar refractivity (Wildman–Crippen MR) is 73.6 cm³/mol. The largest absolute Gasteiger partial charge is 0.339 e. The fourth-order valence-corrected chi connectivity index (χ4v) is 3.13. The summed E-state index contributed by atoms with van der Waals surface area (Å²) in [7, 11) is -0.374. The van der Waals surface area contributed by atoms with Gasteiger partial charge in [0.25, 0.3) is 10.2 Å². The molecule has 0 spiro atoms. The van der Waals surface area contributed by atoms with Crippen molar-refractivity contribution in [2.24, 2.45) is 5.73 Å². The Morgan fingerprint density at radius 2 is 1.79 bits per heavy atom. The van der Waals surface area contributed by atoms with Crippen molar-refractivity contribution in [2.75, 3.05) is 40.3 Å². The molecule has 1 unspecified atom stereocenters. The van der Waals surface area contributed by atoms with Crippen LogP contribution in [0.5, 0.6) is 0 Å². The van der Waals surface area contributed by atoms with Crippen LogP contribution in [0.4, 0.5) is 0 Å². The lowest BCUT2D eigenvalue weighted by Crippen LogP contribution is -2.55. The highest BCUT2D eigenvalue weighted by atomic mass is 32.2. The Morgan fingerprint density at radius 3 is 2.21 bits per heavy atom. The van der Waals surface area contributed by atoms with Crippen molar-refractivity contribution in [3.05, 3.63) is 0 Å². The summed E-state index contributed by atoms with van der Waals surface area (Å²) in [5, 5.41) is 0. The van der Waals surface area contributed by atoms with Gasteiger partial charge in [-0.2, -0.15) is 17.0 Å². The van der Waals surface area contributed by atoms with E-state index in [9.17, 15) is 13.2 Å². The van der Waals surface area contributed by atoms with Crippen molar-refractivity contribution >= 4 is 16.1 Å². The van der Waals surface area contributed by atoms with E-state index in [-0.39, 0.29) is 5.91 Å². The molecule has 0 bridgehead atoms. The summed E-state index contributed by atoms with van der Waals surface area (Å²) in [6.45, 7) is 3.44. The van der Waals surface area contributed by atoms with Gasteiger partial charge in [-0.05, 0) is 6.42 Å². The maximum absolute atomic E-state index is 12.0. The third-order valence-electron chi connectivity index (χ3n) is 3.25. The molecule has 1 rings (SSSR count). The number of carbonyl (C=O) groups excluding carboxylic acids is 1. The van der Waals surface area contributed by atoms with E-state index in [0.29, 0.717) is 32.6 Å². The molecule has 2 N–H and O–H groups in total. The Bertz CT molecular complexity index is 402. The number of hydrogen-bond acceptors (Lipinski definition) is 4. The van der Waals surface area contributed by atoms with Crippen molar-refractivity contribution in [2.45, 2.75) is 25.8 Å². The minimum Gasteiger partial charge on any atom is -0.339 e. The number of nitrogens with two attached hydrogens (primary N) is 1. The molecule has 112 valence electrons. The molecule has 19 heavy (non-hydrogen) atoms. The second-order valence-corrected chi connectivity index (χ2v) is 7.05. The van der Waals surface area contributed by atoms with Crippen LogP contribution in [0, 0.1) is 0 Å². The third-order valence-corrected chi connectivity index (χ3v) is 5.20. The first-order valence-electron chi connectivity index (χ1n) is 6.52. The molecule has 0 saturated carbocycles. The summed E-state index contributed by atoms with van der Waals surface area (Å²) in [4.78, 5) is 13.7. The normalized spacial score (nSPS) is 19.7. The second-order valence-electron chi connectivity index (χ2n) is 4.91. The number of nitrogens with zero attached hydrogens (tertiary/aromatic N) is 3. The zero-order valence-electron chi connectivity index (χ0n) is 11.9. The molecule has 0 radical (unpaired) electrons. The van der Waals surface area contributed by atoms with Crippen LogP contribution in [0.3, 0.4) is 0 Å². The van der Waals surface area contributed by atoms with Crippen LogP contribution in [0.2, 0.25) is 0 Å². The van der Waals surface area contributed by atoms with E-state index in [0.717, 1.165) is 6.42 Å². The summed E-state index contributed by atoms with van der Waals surface area (Å²) >= 11 is 0. The van der Waals surface area contributed by atoms with E-state index in [1.165, 1.54) is 22.7 Å². The van der Waals surface area contributed by atoms with Crippen LogP contribution < -0.4 is 5.73 Å². The Balaban J connectivity index is 2.56. The summed E-state index contributed by atoms with van der Waals surface area (Å²) in [5.41, 5.74) is 5.80. The van der Waals surface area contributed by atoms with Gasteiger partial charge in [0.05, 0.1) is 6.04 Å². The lowest BCUT2D eigenvalue weighted by molar-refractivity contribution is -0.133. The highest BCUT2D eigenvalue weighted by molar-refractivity contribution is 7.86. The molecule has 0 aromatic carbocycles. The predicted octanol–water partition coefficient (Wildman–Crippen LogP) is -0.936. The molecule has 1 aliphatic rings. The van der Waals surface area contributed by atoms with Crippen molar-refractivity contribution in [3.8, 4) is 0 Å². The first-order valence-corrected chi connectivity index (χ1v) is 7.92.